The molecule has 1 aliphatic heterocycles. The Bertz CT molecular complexity index is 1090. The molecule has 1 saturated carbocycles. The zero-order valence-electron chi connectivity index (χ0n) is 25.3. The van der Waals surface area contributed by atoms with Crippen molar-refractivity contribution >= 4 is 58.4 Å². The fourth-order valence-corrected chi connectivity index (χ4v) is 5.57. The second-order valence-electron chi connectivity index (χ2n) is 10.2. The third kappa shape index (κ3) is 17.3. The number of hydrogen-bond acceptors (Lipinski definition) is 7. The molecule has 11 heteroatoms. The Morgan fingerprint density at radius 1 is 0.773 bits per heavy atom. The smallest absolute Gasteiger partial charge is 0.411 e. The summed E-state index contributed by atoms with van der Waals surface area (Å²) in [6.45, 7) is 5.33. The average molecular weight is 671 g/mol. The molecule has 2 aromatic rings. The first-order valence-corrected chi connectivity index (χ1v) is 16.0. The monoisotopic (exact) mass is 669 g/mol. The van der Waals surface area contributed by atoms with Gasteiger partial charge in [-0.25, -0.2) is 4.79 Å². The van der Waals surface area contributed by atoms with E-state index in [0.717, 1.165) is 37.6 Å². The lowest BCUT2D eigenvalue weighted by Gasteiger charge is -2.38. The summed E-state index contributed by atoms with van der Waals surface area (Å²) in [5, 5.41) is -0.508. The van der Waals surface area contributed by atoms with Gasteiger partial charge in [0.05, 0.1) is 5.88 Å². The van der Waals surface area contributed by atoms with Crippen molar-refractivity contribution in [3.05, 3.63) is 71.8 Å². The van der Waals surface area contributed by atoms with Gasteiger partial charge in [-0.3, -0.25) is 4.79 Å². The Labute approximate surface area is 275 Å². The zero-order valence-corrected chi connectivity index (χ0v) is 27.6. The Balaban J connectivity index is 0.000000645. The summed E-state index contributed by atoms with van der Waals surface area (Å²) in [6, 6.07) is 21.4. The summed E-state index contributed by atoms with van der Waals surface area (Å²) >= 11 is 15.0. The first-order valence-electron chi connectivity index (χ1n) is 14.5. The summed E-state index contributed by atoms with van der Waals surface area (Å²) in [5.41, 5.74) is 2.79. The van der Waals surface area contributed by atoms with Crippen LogP contribution < -0.4 is 0 Å². The lowest BCUT2D eigenvalue weighted by Crippen LogP contribution is -2.46. The van der Waals surface area contributed by atoms with Crippen molar-refractivity contribution in [1.82, 2.24) is 4.90 Å². The lowest BCUT2D eigenvalue weighted by molar-refractivity contribution is -0.193. The topological polar surface area (TPSA) is 115 Å². The van der Waals surface area contributed by atoms with E-state index < -0.39 is 5.24 Å². The third-order valence-corrected chi connectivity index (χ3v) is 8.27. The van der Waals surface area contributed by atoms with Gasteiger partial charge in [-0.15, -0.1) is 11.6 Å². The minimum Gasteiger partial charge on any atom is -0.433 e. The van der Waals surface area contributed by atoms with E-state index in [2.05, 4.69) is 56.3 Å². The number of likely N-dealkylation sites (tertiary alicyclic amines) is 1. The highest BCUT2D eigenvalue weighted by Crippen LogP contribution is 2.35. The molecule has 4 rings (SSSR count). The second kappa shape index (κ2) is 26.4. The lowest BCUT2D eigenvalue weighted by atomic mass is 9.78. The minimum atomic E-state index is -0.508. The summed E-state index contributed by atoms with van der Waals surface area (Å²) < 4.78 is 4.95. The largest absolute Gasteiger partial charge is 0.433 e. The van der Waals surface area contributed by atoms with Crippen molar-refractivity contribution in [2.45, 2.75) is 83.1 Å². The average Bonchev–Trinajstić information content (AvgIpc) is 3.06. The van der Waals surface area contributed by atoms with Gasteiger partial charge < -0.3 is 9.64 Å². The number of amides is 1. The molecule has 2 fully saturated rings. The molecule has 8 nitrogen and oxygen atoms in total. The summed E-state index contributed by atoms with van der Waals surface area (Å²) in [5.74, 6) is 1.91. The first-order chi connectivity index (χ1) is 21.2. The number of nitrogens with zero attached hydrogens (tertiary/aromatic N) is 1. The van der Waals surface area contributed by atoms with Crippen LogP contribution in [0.5, 0.6) is 0 Å². The molecule has 1 aliphatic carbocycles. The third-order valence-electron chi connectivity index (χ3n) is 7.65. The summed E-state index contributed by atoms with van der Waals surface area (Å²) in [4.78, 5) is 55.7. The Morgan fingerprint density at radius 2 is 1.20 bits per heavy atom. The molecule has 0 bridgehead atoms. The predicted molar refractivity (Wildman–Crippen MR) is 169 cm³/mol. The van der Waals surface area contributed by atoms with Crippen molar-refractivity contribution in [3.8, 4) is 0 Å². The number of halogens is 3. The molecule has 1 heterocycles. The van der Waals surface area contributed by atoms with Crippen molar-refractivity contribution in [1.29, 1.82) is 0 Å². The molecule has 1 saturated heterocycles. The predicted octanol–water partition coefficient (Wildman–Crippen LogP) is 8.17. The molecular formula is C33H42Cl3NO7. The number of benzene rings is 2. The van der Waals surface area contributed by atoms with Crippen molar-refractivity contribution in [2.24, 2.45) is 5.92 Å². The minimum absolute atomic E-state index is 0.0816. The molecule has 0 spiro atoms. The Hall–Kier alpha value is -2.99. The van der Waals surface area contributed by atoms with E-state index >= 15 is 0 Å². The molecule has 44 heavy (non-hydrogen) atoms. The van der Waals surface area contributed by atoms with E-state index in [1.807, 2.05) is 23.1 Å². The number of piperidine rings is 1. The van der Waals surface area contributed by atoms with Crippen LogP contribution in [0.2, 0.25) is 0 Å². The molecule has 0 N–H and O–H groups in total. The number of carbonyl (C=O) groups excluding carboxylic acids is 6. The molecule has 1 amide bonds. The molecule has 1 unspecified atom stereocenters. The van der Waals surface area contributed by atoms with Crippen LogP contribution >= 0.6 is 34.8 Å². The van der Waals surface area contributed by atoms with E-state index in [0.29, 0.717) is 5.92 Å². The maximum atomic E-state index is 12.0. The van der Waals surface area contributed by atoms with Gasteiger partial charge in [-0.2, -0.15) is 19.2 Å². The van der Waals surface area contributed by atoms with E-state index in [-0.39, 0.29) is 36.4 Å². The molecular weight excluding hydrogens is 629 g/mol. The van der Waals surface area contributed by atoms with E-state index in [4.69, 9.17) is 58.7 Å². The van der Waals surface area contributed by atoms with Gasteiger partial charge in [0.25, 0.3) is 0 Å². The second-order valence-corrected chi connectivity index (χ2v) is 11.1. The highest BCUT2D eigenvalue weighted by atomic mass is 35.5. The van der Waals surface area contributed by atoms with Crippen molar-refractivity contribution in [3.63, 3.8) is 0 Å². The van der Waals surface area contributed by atoms with Crippen molar-refractivity contribution in [2.75, 3.05) is 18.5 Å². The van der Waals surface area contributed by atoms with E-state index in [1.54, 1.807) is 0 Å². The van der Waals surface area contributed by atoms with Crippen LogP contribution in [0.25, 0.3) is 0 Å². The Morgan fingerprint density at radius 3 is 1.64 bits per heavy atom. The van der Waals surface area contributed by atoms with Crippen LogP contribution in [0.3, 0.4) is 0 Å². The van der Waals surface area contributed by atoms with Crippen LogP contribution in [0, 0.1) is 5.92 Å². The molecule has 3 atom stereocenters. The quantitative estimate of drug-likeness (QED) is 0.225. The van der Waals surface area contributed by atoms with Gasteiger partial charge in [0, 0.05) is 18.5 Å². The number of alkyl halides is 2. The molecule has 2 aliphatic rings. The SMILES string of the molecule is C[C@H](c1ccccc1)C1CCCCC1.C[C@H](c1ccccc1)C1CCCCN1C(=O)OCCl.O=C(Cl)CCl.O=C=O.O=C=O. The van der Waals surface area contributed by atoms with Crippen LogP contribution in [0.15, 0.2) is 60.7 Å². The zero-order chi connectivity index (χ0) is 33.2. The maximum Gasteiger partial charge on any atom is 0.411 e. The number of ether oxygens (including phenoxy) is 1. The highest BCUT2D eigenvalue weighted by Gasteiger charge is 2.32. The Kier molecular flexibility index (Phi) is 24.6. The molecule has 2 aromatic carbocycles. The van der Waals surface area contributed by atoms with Crippen LogP contribution in [0.1, 0.15) is 88.2 Å². The van der Waals surface area contributed by atoms with E-state index in [1.165, 1.54) is 43.2 Å². The molecule has 0 radical (unpaired) electrons. The van der Waals surface area contributed by atoms with Crippen LogP contribution in [0.4, 0.5) is 4.79 Å². The van der Waals surface area contributed by atoms with Gasteiger partial charge in [0.2, 0.25) is 5.24 Å². The summed E-state index contributed by atoms with van der Waals surface area (Å²) in [7, 11) is 0. The van der Waals surface area contributed by atoms with Gasteiger partial charge >= 0.3 is 18.4 Å². The number of rotatable bonds is 6. The molecule has 0 aromatic heterocycles. The maximum absolute atomic E-state index is 12.0. The van der Waals surface area contributed by atoms with Gasteiger partial charge in [-0.05, 0) is 66.7 Å². The standard InChI is InChI=1S/C15H20ClNO2.C14H20.C2H2Cl2O.2CO2/c1-12(13-7-3-2-4-8-13)14-9-5-6-10-17(14)15(18)19-11-16;1-12(13-8-4-2-5-9-13)14-10-6-3-7-11-14;3-1-2(4)5;2*2-1-3/h2-4,7-8,12,14H,5-6,9-11H2,1H3;2,4-5,8-9,12,14H,3,6-7,10-11H2,1H3;1H2;;/t12-,14?;12-;;;/m11.../s1. The van der Waals surface area contributed by atoms with Crippen LogP contribution in [-0.4, -0.2) is 53.1 Å². The fraction of sp³-hybridized carbons (Fsp3) is 0.515. The number of hydrogen-bond donors (Lipinski definition) is 0. The molecule has 242 valence electrons. The van der Waals surface area contributed by atoms with Crippen molar-refractivity contribution < 1.29 is 33.5 Å². The fourth-order valence-electron chi connectivity index (χ4n) is 5.48. The van der Waals surface area contributed by atoms with Gasteiger partial charge in [0.1, 0.15) is 0 Å². The van der Waals surface area contributed by atoms with Gasteiger partial charge in [0.15, 0.2) is 6.07 Å². The highest BCUT2D eigenvalue weighted by molar-refractivity contribution is 6.67. The number of carbonyl (C=O) groups is 2. The van der Waals surface area contributed by atoms with E-state index in [9.17, 15) is 9.59 Å². The van der Waals surface area contributed by atoms with Crippen LogP contribution in [-0.2, 0) is 28.7 Å². The normalized spacial score (nSPS) is 16.8. The van der Waals surface area contributed by atoms with Gasteiger partial charge in [-0.1, -0.05) is 105 Å². The first kappa shape index (κ1) is 41.0. The summed E-state index contributed by atoms with van der Waals surface area (Å²) in [6.07, 6.45) is 10.7.